The van der Waals surface area contributed by atoms with Gasteiger partial charge in [-0.3, -0.25) is 19.2 Å². The third-order valence-corrected chi connectivity index (χ3v) is 2.22. The van der Waals surface area contributed by atoms with E-state index in [1.165, 1.54) is 0 Å². The molecule has 0 aliphatic carbocycles. The van der Waals surface area contributed by atoms with Gasteiger partial charge < -0.3 is 0 Å². The number of hydrogen-bond donors (Lipinski definition) is 0. The average molecular weight is 222 g/mol. The predicted octanol–water partition coefficient (Wildman–Crippen LogP) is -0.967. The van der Waals surface area contributed by atoms with E-state index in [2.05, 4.69) is 0 Å². The molecule has 2 heterocycles. The van der Waals surface area contributed by atoms with Crippen molar-refractivity contribution in [2.24, 2.45) is 0 Å². The number of rotatable bonds is 0. The van der Waals surface area contributed by atoms with Gasteiger partial charge in [-0.15, -0.1) is 0 Å². The summed E-state index contributed by atoms with van der Waals surface area (Å²) in [6, 6.07) is -1.19. The molecule has 0 spiro atoms. The zero-order valence-electron chi connectivity index (χ0n) is 8.00. The lowest BCUT2D eigenvalue weighted by atomic mass is 10.4. The zero-order valence-corrected chi connectivity index (χ0v) is 8.00. The van der Waals surface area contributed by atoms with Crippen LogP contribution in [0.4, 0.5) is 4.79 Å². The smallest absolute Gasteiger partial charge is 0.274 e. The maximum atomic E-state index is 11.6. The van der Waals surface area contributed by atoms with Crippen molar-refractivity contribution in [3.05, 3.63) is 12.8 Å². The molecule has 0 unspecified atom stereocenters. The number of imide groups is 6. The maximum Gasteiger partial charge on any atom is 0.347 e. The maximum absolute atomic E-state index is 11.6. The van der Waals surface area contributed by atoms with Crippen molar-refractivity contribution in [2.45, 2.75) is 12.8 Å². The summed E-state index contributed by atoms with van der Waals surface area (Å²) in [5.74, 6) is -3.07. The number of hydrogen-bond acceptors (Lipinski definition) is 5. The lowest BCUT2D eigenvalue weighted by Crippen LogP contribution is -2.48. The zero-order chi connectivity index (χ0) is 11.9. The monoisotopic (exact) mass is 222 g/mol. The van der Waals surface area contributed by atoms with Crippen LogP contribution in [0.2, 0.25) is 0 Å². The van der Waals surface area contributed by atoms with Crippen LogP contribution in [0.25, 0.3) is 0 Å². The lowest BCUT2D eigenvalue weighted by Gasteiger charge is -2.17. The third-order valence-electron chi connectivity index (χ3n) is 2.22. The molecule has 0 atom stereocenters. The van der Waals surface area contributed by atoms with Crippen LogP contribution in [0, 0.1) is 12.8 Å². The Morgan fingerprint density at radius 1 is 0.875 bits per heavy atom. The van der Waals surface area contributed by atoms with Crippen LogP contribution < -0.4 is 0 Å². The molecule has 2 fully saturated rings. The number of amides is 6. The summed E-state index contributed by atoms with van der Waals surface area (Å²) < 4.78 is 0. The van der Waals surface area contributed by atoms with Gasteiger partial charge in [0.05, 0.1) is 12.8 Å². The largest absolute Gasteiger partial charge is 0.347 e. The van der Waals surface area contributed by atoms with Crippen molar-refractivity contribution in [3.8, 4) is 0 Å². The minimum atomic E-state index is -1.19. The molecule has 6 amide bonds. The van der Waals surface area contributed by atoms with Gasteiger partial charge in [0.25, 0.3) is 0 Å². The second-order valence-electron chi connectivity index (χ2n) is 3.23. The van der Waals surface area contributed by atoms with Gasteiger partial charge in [0.1, 0.15) is 0 Å². The van der Waals surface area contributed by atoms with E-state index in [-0.39, 0.29) is 12.8 Å². The van der Waals surface area contributed by atoms with E-state index in [0.29, 0.717) is 9.80 Å². The molecule has 0 saturated carbocycles. The van der Waals surface area contributed by atoms with E-state index in [1.807, 2.05) is 0 Å². The molecule has 2 aliphatic heterocycles. The SMILES string of the molecule is O=C1[CH]CC(=O)N1C(=O)N1C(=O)[CH]CC1=O. The summed E-state index contributed by atoms with van der Waals surface area (Å²) in [6.45, 7) is 0. The molecule has 0 N–H and O–H groups in total. The first-order valence-electron chi connectivity index (χ1n) is 4.46. The minimum absolute atomic E-state index is 0.190. The van der Waals surface area contributed by atoms with E-state index in [1.54, 1.807) is 0 Å². The van der Waals surface area contributed by atoms with Gasteiger partial charge in [-0.1, -0.05) is 0 Å². The van der Waals surface area contributed by atoms with Gasteiger partial charge in [0.15, 0.2) is 0 Å². The van der Waals surface area contributed by atoms with Gasteiger partial charge in [0, 0.05) is 12.8 Å². The van der Waals surface area contributed by atoms with Crippen molar-refractivity contribution in [1.29, 1.82) is 0 Å². The van der Waals surface area contributed by atoms with Crippen LogP contribution in [0.3, 0.4) is 0 Å². The summed E-state index contributed by atoms with van der Waals surface area (Å²) in [5.41, 5.74) is 0. The van der Waals surface area contributed by atoms with Crippen LogP contribution in [0.1, 0.15) is 12.8 Å². The Hall–Kier alpha value is -2.05. The highest BCUT2D eigenvalue weighted by Crippen LogP contribution is 2.18. The lowest BCUT2D eigenvalue weighted by molar-refractivity contribution is -0.137. The highest BCUT2D eigenvalue weighted by molar-refractivity contribution is 6.26. The molecule has 2 radical (unpaired) electrons. The van der Waals surface area contributed by atoms with Crippen molar-refractivity contribution >= 4 is 29.7 Å². The number of carbonyl (C=O) groups excluding carboxylic acids is 5. The second-order valence-corrected chi connectivity index (χ2v) is 3.23. The Morgan fingerprint density at radius 2 is 1.25 bits per heavy atom. The number of carbonyl (C=O) groups is 5. The Labute approximate surface area is 90.0 Å². The van der Waals surface area contributed by atoms with Crippen molar-refractivity contribution in [2.75, 3.05) is 0 Å². The van der Waals surface area contributed by atoms with Gasteiger partial charge in [0.2, 0.25) is 23.6 Å². The van der Waals surface area contributed by atoms with Crippen molar-refractivity contribution < 1.29 is 24.0 Å². The summed E-state index contributed by atoms with van der Waals surface area (Å²) in [7, 11) is 0. The summed E-state index contributed by atoms with van der Waals surface area (Å²) in [4.78, 5) is 56.9. The van der Waals surface area contributed by atoms with Crippen molar-refractivity contribution in [1.82, 2.24) is 9.80 Å². The fraction of sp³-hybridized carbons (Fsp3) is 0.222. The number of urea groups is 1. The molecule has 7 nitrogen and oxygen atoms in total. The van der Waals surface area contributed by atoms with E-state index in [9.17, 15) is 24.0 Å². The Balaban J connectivity index is 2.25. The summed E-state index contributed by atoms with van der Waals surface area (Å²) in [5, 5.41) is 0. The summed E-state index contributed by atoms with van der Waals surface area (Å²) >= 11 is 0. The number of nitrogens with zero attached hydrogens (tertiary/aromatic N) is 2. The fourth-order valence-electron chi connectivity index (χ4n) is 1.46. The highest BCUT2D eigenvalue weighted by atomic mass is 16.2. The Kier molecular flexibility index (Phi) is 2.30. The van der Waals surface area contributed by atoms with E-state index < -0.39 is 29.7 Å². The summed E-state index contributed by atoms with van der Waals surface area (Å²) in [6.07, 6.45) is 1.67. The average Bonchev–Trinajstić information content (AvgIpc) is 2.71. The highest BCUT2D eigenvalue weighted by Gasteiger charge is 2.44. The standard InChI is InChI=1S/C9H6N2O5/c12-5-1-2-6(13)10(5)9(16)11-7(14)3-4-8(11)15/h1,3H,2,4H2. The number of likely N-dealkylation sites (tertiary alicyclic amines) is 2. The van der Waals surface area contributed by atoms with Gasteiger partial charge in [-0.2, -0.15) is 9.80 Å². The molecular weight excluding hydrogens is 216 g/mol. The molecule has 0 aromatic heterocycles. The molecule has 2 rings (SSSR count). The normalized spacial score (nSPS) is 21.2. The Morgan fingerprint density at radius 3 is 1.50 bits per heavy atom. The van der Waals surface area contributed by atoms with Crippen LogP contribution in [0.15, 0.2) is 0 Å². The topological polar surface area (TPSA) is 91.8 Å². The predicted molar refractivity (Wildman–Crippen MR) is 46.9 cm³/mol. The van der Waals surface area contributed by atoms with Crippen LogP contribution >= 0.6 is 0 Å². The van der Waals surface area contributed by atoms with Gasteiger partial charge in [-0.05, 0) is 0 Å². The first-order chi connectivity index (χ1) is 7.52. The third kappa shape index (κ3) is 1.40. The molecule has 7 heteroatoms. The molecule has 2 saturated heterocycles. The first kappa shape index (κ1) is 10.5. The molecule has 2 aliphatic rings. The molecule has 16 heavy (non-hydrogen) atoms. The first-order valence-corrected chi connectivity index (χ1v) is 4.46. The van der Waals surface area contributed by atoms with Gasteiger partial charge >= 0.3 is 6.03 Å². The van der Waals surface area contributed by atoms with E-state index in [4.69, 9.17) is 0 Å². The molecular formula is C9H6N2O5. The van der Waals surface area contributed by atoms with Gasteiger partial charge in [-0.25, -0.2) is 4.79 Å². The Bertz CT molecular complexity index is 358. The molecule has 0 bridgehead atoms. The minimum Gasteiger partial charge on any atom is -0.274 e. The van der Waals surface area contributed by atoms with Crippen molar-refractivity contribution in [3.63, 3.8) is 0 Å². The van der Waals surface area contributed by atoms with E-state index >= 15 is 0 Å². The van der Waals surface area contributed by atoms with E-state index in [0.717, 1.165) is 12.8 Å². The van der Waals surface area contributed by atoms with Crippen LogP contribution in [0.5, 0.6) is 0 Å². The van der Waals surface area contributed by atoms with Crippen LogP contribution in [-0.2, 0) is 19.2 Å². The quantitative estimate of drug-likeness (QED) is 0.492. The van der Waals surface area contributed by atoms with Crippen LogP contribution in [-0.4, -0.2) is 39.5 Å². The molecule has 82 valence electrons. The molecule has 0 aromatic rings. The molecule has 0 aromatic carbocycles. The second kappa shape index (κ2) is 3.51. The fourth-order valence-corrected chi connectivity index (χ4v) is 1.46.